The lowest BCUT2D eigenvalue weighted by Crippen LogP contribution is -2.41. The SMILES string of the molecule is O=C(Nc1ccc2c(c1)OCO2)C(=O)NC1CCCCCC1. The maximum Gasteiger partial charge on any atom is 0.313 e. The van der Waals surface area contributed by atoms with Crippen molar-refractivity contribution in [2.45, 2.75) is 44.6 Å². The molecule has 6 nitrogen and oxygen atoms in total. The number of ether oxygens (including phenoxy) is 2. The maximum absolute atomic E-state index is 12.0. The van der Waals surface area contributed by atoms with Crippen molar-refractivity contribution in [1.29, 1.82) is 0 Å². The highest BCUT2D eigenvalue weighted by Crippen LogP contribution is 2.34. The molecule has 1 aliphatic carbocycles. The fourth-order valence-electron chi connectivity index (χ4n) is 2.84. The molecule has 0 radical (unpaired) electrons. The van der Waals surface area contributed by atoms with E-state index < -0.39 is 11.8 Å². The summed E-state index contributed by atoms with van der Waals surface area (Å²) < 4.78 is 10.4. The summed E-state index contributed by atoms with van der Waals surface area (Å²) in [6, 6.07) is 5.16. The predicted molar refractivity (Wildman–Crippen MR) is 80.8 cm³/mol. The van der Waals surface area contributed by atoms with Crippen LogP contribution in [0.15, 0.2) is 18.2 Å². The summed E-state index contributed by atoms with van der Waals surface area (Å²) >= 11 is 0. The number of anilines is 1. The van der Waals surface area contributed by atoms with Gasteiger partial charge in [0.1, 0.15) is 0 Å². The molecule has 22 heavy (non-hydrogen) atoms. The molecule has 1 saturated carbocycles. The minimum Gasteiger partial charge on any atom is -0.454 e. The Bertz CT molecular complexity index is 565. The lowest BCUT2D eigenvalue weighted by molar-refractivity contribution is -0.136. The third-order valence-electron chi connectivity index (χ3n) is 4.03. The molecule has 0 bridgehead atoms. The molecule has 6 heteroatoms. The molecule has 1 aromatic rings. The number of hydrogen-bond donors (Lipinski definition) is 2. The summed E-state index contributed by atoms with van der Waals surface area (Å²) in [5.74, 6) is -0.0180. The molecule has 2 amide bonds. The summed E-state index contributed by atoms with van der Waals surface area (Å²) in [7, 11) is 0. The second-order valence-corrected chi connectivity index (χ2v) is 5.68. The van der Waals surface area contributed by atoms with Crippen molar-refractivity contribution in [1.82, 2.24) is 5.32 Å². The summed E-state index contributed by atoms with van der Waals surface area (Å²) in [6.45, 7) is 0.175. The zero-order chi connectivity index (χ0) is 15.4. The van der Waals surface area contributed by atoms with Gasteiger partial charge in [-0.2, -0.15) is 0 Å². The van der Waals surface area contributed by atoms with Gasteiger partial charge in [-0.3, -0.25) is 9.59 Å². The fourth-order valence-corrected chi connectivity index (χ4v) is 2.84. The van der Waals surface area contributed by atoms with Gasteiger partial charge >= 0.3 is 11.8 Å². The van der Waals surface area contributed by atoms with Gasteiger partial charge in [0.05, 0.1) is 0 Å². The van der Waals surface area contributed by atoms with Gasteiger partial charge in [0.2, 0.25) is 6.79 Å². The smallest absolute Gasteiger partial charge is 0.313 e. The largest absolute Gasteiger partial charge is 0.454 e. The topological polar surface area (TPSA) is 76.7 Å². The van der Waals surface area contributed by atoms with Crippen molar-refractivity contribution in [3.63, 3.8) is 0 Å². The van der Waals surface area contributed by atoms with Gasteiger partial charge in [0.15, 0.2) is 11.5 Å². The Balaban J connectivity index is 1.55. The van der Waals surface area contributed by atoms with Gasteiger partial charge in [-0.1, -0.05) is 25.7 Å². The minimum absolute atomic E-state index is 0.109. The molecule has 2 N–H and O–H groups in total. The molecule has 0 aromatic heterocycles. The average molecular weight is 304 g/mol. The number of hydrogen-bond acceptors (Lipinski definition) is 4. The van der Waals surface area contributed by atoms with Crippen LogP contribution in [0.2, 0.25) is 0 Å². The maximum atomic E-state index is 12.0. The Morgan fingerprint density at radius 2 is 1.68 bits per heavy atom. The van der Waals surface area contributed by atoms with E-state index in [0.29, 0.717) is 17.2 Å². The first kappa shape index (κ1) is 14.7. The number of fused-ring (bicyclic) bond motifs is 1. The van der Waals surface area contributed by atoms with Crippen molar-refractivity contribution in [2.24, 2.45) is 0 Å². The van der Waals surface area contributed by atoms with E-state index in [2.05, 4.69) is 10.6 Å². The highest BCUT2D eigenvalue weighted by atomic mass is 16.7. The van der Waals surface area contributed by atoms with E-state index in [4.69, 9.17) is 9.47 Å². The van der Waals surface area contributed by atoms with Crippen LogP contribution in [0.3, 0.4) is 0 Å². The monoisotopic (exact) mass is 304 g/mol. The lowest BCUT2D eigenvalue weighted by atomic mass is 10.1. The van der Waals surface area contributed by atoms with E-state index >= 15 is 0 Å². The van der Waals surface area contributed by atoms with E-state index in [9.17, 15) is 9.59 Å². The Labute approximate surface area is 129 Å². The van der Waals surface area contributed by atoms with Crippen LogP contribution in [0.1, 0.15) is 38.5 Å². The Morgan fingerprint density at radius 1 is 0.955 bits per heavy atom. The van der Waals surface area contributed by atoms with Gasteiger partial charge in [-0.15, -0.1) is 0 Å². The Hall–Kier alpha value is -2.24. The number of rotatable bonds is 2. The van der Waals surface area contributed by atoms with Crippen LogP contribution >= 0.6 is 0 Å². The molecule has 0 atom stereocenters. The first-order valence-electron chi connectivity index (χ1n) is 7.74. The van der Waals surface area contributed by atoms with Crippen LogP contribution in [0.4, 0.5) is 5.69 Å². The molecule has 3 rings (SSSR count). The summed E-state index contributed by atoms with van der Waals surface area (Å²) in [5, 5.41) is 5.41. The second kappa shape index (κ2) is 6.68. The molecule has 0 saturated heterocycles. The van der Waals surface area contributed by atoms with E-state index in [1.165, 1.54) is 12.8 Å². The molecule has 2 aliphatic rings. The van der Waals surface area contributed by atoms with Crippen LogP contribution < -0.4 is 20.1 Å². The average Bonchev–Trinajstić information content (AvgIpc) is 2.83. The quantitative estimate of drug-likeness (QED) is 0.648. The van der Waals surface area contributed by atoms with Gasteiger partial charge < -0.3 is 20.1 Å². The minimum atomic E-state index is -0.650. The standard InChI is InChI=1S/C16H20N2O4/c19-15(17-11-5-3-1-2-4-6-11)16(20)18-12-7-8-13-14(9-12)22-10-21-13/h7-9,11H,1-6,10H2,(H,17,19)(H,18,20). The third-order valence-corrected chi connectivity index (χ3v) is 4.03. The second-order valence-electron chi connectivity index (χ2n) is 5.68. The number of benzene rings is 1. The summed E-state index contributed by atoms with van der Waals surface area (Å²) in [6.07, 6.45) is 6.51. The van der Waals surface area contributed by atoms with Crippen molar-refractivity contribution in [3.8, 4) is 11.5 Å². The molecule has 118 valence electrons. The molecule has 1 heterocycles. The van der Waals surface area contributed by atoms with Crippen molar-refractivity contribution >= 4 is 17.5 Å². The number of carbonyl (C=O) groups is 2. The highest BCUT2D eigenvalue weighted by molar-refractivity contribution is 6.39. The first-order chi connectivity index (χ1) is 10.7. The van der Waals surface area contributed by atoms with E-state index in [1.54, 1.807) is 18.2 Å². The van der Waals surface area contributed by atoms with Crippen LogP contribution in [0.25, 0.3) is 0 Å². The third kappa shape index (κ3) is 3.50. The van der Waals surface area contributed by atoms with E-state index in [1.807, 2.05) is 0 Å². The van der Waals surface area contributed by atoms with E-state index in [-0.39, 0.29) is 12.8 Å². The normalized spacial score (nSPS) is 17.6. The zero-order valence-corrected chi connectivity index (χ0v) is 12.4. The first-order valence-corrected chi connectivity index (χ1v) is 7.74. The Kier molecular flexibility index (Phi) is 4.46. The predicted octanol–water partition coefficient (Wildman–Crippen LogP) is 2.19. The Morgan fingerprint density at radius 3 is 2.45 bits per heavy atom. The van der Waals surface area contributed by atoms with Crippen LogP contribution in [0, 0.1) is 0 Å². The van der Waals surface area contributed by atoms with Crippen LogP contribution in [0.5, 0.6) is 11.5 Å². The van der Waals surface area contributed by atoms with Crippen molar-refractivity contribution in [2.75, 3.05) is 12.1 Å². The summed E-state index contributed by atoms with van der Waals surface area (Å²) in [5.41, 5.74) is 0.519. The zero-order valence-electron chi connectivity index (χ0n) is 12.4. The lowest BCUT2D eigenvalue weighted by Gasteiger charge is -2.15. The molecule has 1 fully saturated rings. The molecule has 0 spiro atoms. The summed E-state index contributed by atoms with van der Waals surface area (Å²) in [4.78, 5) is 24.0. The van der Waals surface area contributed by atoms with Gasteiger partial charge in [0, 0.05) is 17.8 Å². The van der Waals surface area contributed by atoms with E-state index in [0.717, 1.165) is 25.7 Å². The molecule has 1 aliphatic heterocycles. The fraction of sp³-hybridized carbons (Fsp3) is 0.500. The van der Waals surface area contributed by atoms with Gasteiger partial charge in [-0.05, 0) is 25.0 Å². The molecular formula is C16H20N2O4. The van der Waals surface area contributed by atoms with Crippen molar-refractivity contribution < 1.29 is 19.1 Å². The number of amides is 2. The van der Waals surface area contributed by atoms with Crippen LogP contribution in [-0.2, 0) is 9.59 Å². The molecule has 1 aromatic carbocycles. The van der Waals surface area contributed by atoms with Crippen molar-refractivity contribution in [3.05, 3.63) is 18.2 Å². The van der Waals surface area contributed by atoms with Gasteiger partial charge in [-0.25, -0.2) is 0 Å². The van der Waals surface area contributed by atoms with Crippen LogP contribution in [-0.4, -0.2) is 24.6 Å². The number of nitrogens with one attached hydrogen (secondary N) is 2. The number of carbonyl (C=O) groups excluding carboxylic acids is 2. The van der Waals surface area contributed by atoms with Gasteiger partial charge in [0.25, 0.3) is 0 Å². The highest BCUT2D eigenvalue weighted by Gasteiger charge is 2.21. The molecular weight excluding hydrogens is 284 g/mol. The molecule has 0 unspecified atom stereocenters.